The molecule has 0 aromatic carbocycles. The maximum absolute atomic E-state index is 6.13. The van der Waals surface area contributed by atoms with Gasteiger partial charge < -0.3 is 9.71 Å². The molecule has 0 aliphatic carbocycles. The third kappa shape index (κ3) is 9.39. The second-order valence-corrected chi connectivity index (χ2v) is 9.93. The van der Waals surface area contributed by atoms with Gasteiger partial charge in [0, 0.05) is 0 Å². The van der Waals surface area contributed by atoms with Gasteiger partial charge in [-0.05, 0) is 6.61 Å². The van der Waals surface area contributed by atoms with Crippen LogP contribution in [0.25, 0.3) is 0 Å². The summed E-state index contributed by atoms with van der Waals surface area (Å²) in [5.41, 5.74) is 0. The van der Waals surface area contributed by atoms with Gasteiger partial charge in [-0.1, -0.05) is 20.8 Å². The zero-order valence-corrected chi connectivity index (χ0v) is 13.2. The third-order valence-electron chi connectivity index (χ3n) is 3.31. The Kier molecular flexibility index (Phi) is 17.8. The van der Waals surface area contributed by atoms with Crippen molar-refractivity contribution in [3.63, 3.8) is 0 Å². The van der Waals surface area contributed by atoms with Crippen LogP contribution in [0.15, 0.2) is 0 Å². The van der Waals surface area contributed by atoms with Crippen LogP contribution >= 0.6 is 0 Å². The van der Waals surface area contributed by atoms with E-state index in [1.54, 1.807) is 0 Å². The minimum absolute atomic E-state index is 0. The second kappa shape index (κ2) is 12.2. The molecule has 0 atom stereocenters. The first-order valence-electron chi connectivity index (χ1n) is 5.72. The second-order valence-electron chi connectivity index (χ2n) is 4.42. The molecule has 0 aromatic rings. The van der Waals surface area contributed by atoms with E-state index in [-0.39, 0.29) is 37.7 Å². The van der Waals surface area contributed by atoms with Crippen LogP contribution in [0.4, 0.5) is 0 Å². The molecule has 15 heavy (non-hydrogen) atoms. The van der Waals surface area contributed by atoms with Crippen LogP contribution in [0.2, 0.25) is 15.8 Å². The van der Waals surface area contributed by atoms with E-state index in [4.69, 9.17) is 3.79 Å². The Bertz CT molecular complexity index is 119. The summed E-state index contributed by atoms with van der Waals surface area (Å²) in [4.78, 5) is 0. The molecule has 0 aromatic heterocycles. The fraction of sp³-hybridized carbons (Fsp3) is 0.909. The average Bonchev–Trinajstić information content (AvgIpc) is 2.13. The molecule has 0 saturated carbocycles. The van der Waals surface area contributed by atoms with Crippen LogP contribution < -0.4 is 37.7 Å². The Balaban J connectivity index is -0.000000720. The van der Waals surface area contributed by atoms with Crippen LogP contribution in [0.1, 0.15) is 41.0 Å². The van der Waals surface area contributed by atoms with Gasteiger partial charge >= 0.3 is 37.7 Å². The number of rotatable bonds is 7. The molecule has 0 aliphatic heterocycles. The fourth-order valence-corrected chi connectivity index (χ4v) is 4.79. The predicted molar refractivity (Wildman–Crippen MR) is 62.4 cm³/mol. The summed E-state index contributed by atoms with van der Waals surface area (Å²) in [5.74, 6) is 1.48. The largest absolute Gasteiger partial charge is 1.00 e. The molecule has 1 nitrogen and oxygen atoms in total. The van der Waals surface area contributed by atoms with Crippen molar-refractivity contribution in [2.75, 3.05) is 6.61 Å². The van der Waals surface area contributed by atoms with E-state index >= 15 is 0 Å². The average molecular weight is 214 g/mol. The Labute approximate surface area is 123 Å². The van der Waals surface area contributed by atoms with Crippen molar-refractivity contribution in [2.45, 2.75) is 56.9 Å². The van der Waals surface area contributed by atoms with Crippen molar-refractivity contribution in [1.82, 2.24) is 0 Å². The maximum Gasteiger partial charge on any atom is 1.00 e. The van der Waals surface area contributed by atoms with Crippen molar-refractivity contribution in [1.29, 1.82) is 0 Å². The first-order chi connectivity index (χ1) is 6.10. The predicted octanol–water partition coefficient (Wildman–Crippen LogP) is -1.98. The van der Waals surface area contributed by atoms with Crippen molar-refractivity contribution in [3.05, 3.63) is 5.92 Å². The van der Waals surface area contributed by atoms with Gasteiger partial charge in [-0.2, -0.15) is 36.1 Å². The zero-order chi connectivity index (χ0) is 10.3. The molecule has 0 saturated heterocycles. The van der Waals surface area contributed by atoms with Crippen LogP contribution in [0.3, 0.4) is 0 Å². The summed E-state index contributed by atoms with van der Waals surface area (Å²) in [7, 11) is 0. The zero-order valence-electron chi connectivity index (χ0n) is 12.0. The van der Waals surface area contributed by atoms with Crippen LogP contribution in [-0.4, -0.2) is 20.0 Å². The maximum atomic E-state index is 6.13. The van der Waals surface area contributed by atoms with Gasteiger partial charge in [0.25, 0.3) is 13.4 Å². The number of hydrogen-bond donors (Lipinski definition) is 0. The topological polar surface area (TPSA) is 9.23 Å². The van der Waals surface area contributed by atoms with Crippen molar-refractivity contribution in [2.24, 2.45) is 0 Å². The van der Waals surface area contributed by atoms with Crippen molar-refractivity contribution < 1.29 is 41.5 Å². The van der Waals surface area contributed by atoms with Gasteiger partial charge in [-0.3, -0.25) is 0 Å². The summed E-state index contributed by atoms with van der Waals surface area (Å²) in [5, 5.41) is 3.88. The molecule has 0 heterocycles. The van der Waals surface area contributed by atoms with Gasteiger partial charge in [0.05, 0.1) is 0 Å². The van der Waals surface area contributed by atoms with E-state index < -0.39 is 13.4 Å². The van der Waals surface area contributed by atoms with E-state index in [0.717, 1.165) is 13.0 Å². The normalized spacial score (nSPS) is 10.8. The minimum Gasteiger partial charge on any atom is -0.660 e. The third-order valence-corrected chi connectivity index (χ3v) is 8.71. The SMILES string of the molecule is C[CH2][Al-]([CH2]C)([CH2]C)[O]CC[C-](C)C.[Li+].[Li+]. The van der Waals surface area contributed by atoms with E-state index in [1.165, 1.54) is 21.8 Å². The van der Waals surface area contributed by atoms with Gasteiger partial charge in [-0.25, -0.2) is 0 Å². The van der Waals surface area contributed by atoms with Crippen LogP contribution in [0.5, 0.6) is 0 Å². The molecule has 0 unspecified atom stereocenters. The Morgan fingerprint density at radius 3 is 1.60 bits per heavy atom. The standard InChI is InChI=1S/C5H10O.3C2H5.Al.2Li/c1-5(2)3-4-6;3*1-2;;;/h3-4H2,1-2H3;3*1H2,2H3;;;/q-2;;;;;2*+1. The molecule has 4 heteroatoms. The summed E-state index contributed by atoms with van der Waals surface area (Å²) >= 11 is -1.59. The van der Waals surface area contributed by atoms with Gasteiger partial charge in [0.2, 0.25) is 0 Å². The molecule has 0 spiro atoms. The molecule has 0 N–H and O–H groups in total. The molecule has 0 aliphatic rings. The molecule has 0 radical (unpaired) electrons. The summed E-state index contributed by atoms with van der Waals surface area (Å²) in [6.45, 7) is 12.2. The summed E-state index contributed by atoms with van der Waals surface area (Å²) in [6, 6.07) is 0. The molecular formula is C11H25AlLi2O. The van der Waals surface area contributed by atoms with Crippen molar-refractivity contribution in [3.8, 4) is 0 Å². The molecule has 0 amide bonds. The number of hydrogen-bond acceptors (Lipinski definition) is 1. The van der Waals surface area contributed by atoms with E-state index in [9.17, 15) is 0 Å². The Morgan fingerprint density at radius 2 is 1.33 bits per heavy atom. The molecular weight excluding hydrogens is 189 g/mol. The van der Waals surface area contributed by atoms with E-state index in [0.29, 0.717) is 0 Å². The fourth-order valence-electron chi connectivity index (χ4n) is 1.73. The Morgan fingerprint density at radius 1 is 0.933 bits per heavy atom. The van der Waals surface area contributed by atoms with Gasteiger partial charge in [0.1, 0.15) is 0 Å². The van der Waals surface area contributed by atoms with Crippen LogP contribution in [-0.2, 0) is 3.79 Å². The van der Waals surface area contributed by atoms with Gasteiger partial charge in [-0.15, -0.1) is 0 Å². The molecule has 80 valence electrons. The minimum atomic E-state index is -1.59. The summed E-state index contributed by atoms with van der Waals surface area (Å²) in [6.07, 6.45) is 1.14. The van der Waals surface area contributed by atoms with Crippen LogP contribution in [0, 0.1) is 5.92 Å². The molecule has 0 bridgehead atoms. The van der Waals surface area contributed by atoms with E-state index in [1.807, 2.05) is 0 Å². The van der Waals surface area contributed by atoms with E-state index in [2.05, 4.69) is 34.6 Å². The van der Waals surface area contributed by atoms with Crippen molar-refractivity contribution >= 4 is 13.4 Å². The summed E-state index contributed by atoms with van der Waals surface area (Å²) < 4.78 is 6.13. The Hall–Kier alpha value is 1.69. The molecule has 0 fully saturated rings. The monoisotopic (exact) mass is 214 g/mol. The first-order valence-corrected chi connectivity index (χ1v) is 8.64. The smallest absolute Gasteiger partial charge is 0.660 e. The van der Waals surface area contributed by atoms with Gasteiger partial charge in [0.15, 0.2) is 0 Å². The first kappa shape index (κ1) is 21.9. The quantitative estimate of drug-likeness (QED) is 0.352. The molecule has 0 rings (SSSR count).